The van der Waals surface area contributed by atoms with Crippen LogP contribution in [0.1, 0.15) is 0 Å². The third-order valence-electron chi connectivity index (χ3n) is 2.02. The smallest absolute Gasteiger partial charge is 0.143 e. The minimum Gasteiger partial charge on any atom is -0.382 e. The molecule has 0 unspecified atom stereocenters. The van der Waals surface area contributed by atoms with Crippen molar-refractivity contribution in [3.05, 3.63) is 45.9 Å². The van der Waals surface area contributed by atoms with Crippen LogP contribution in [0, 0.1) is 11.6 Å². The number of hydrogen-bond donors (Lipinski definition) is 1. The molecule has 0 atom stereocenters. The second-order valence-corrected chi connectivity index (χ2v) is 5.16. The Hall–Kier alpha value is -1.04. The van der Waals surface area contributed by atoms with Crippen LogP contribution in [-0.2, 0) is 0 Å². The highest BCUT2D eigenvalue weighted by atomic mass is 35.5. The van der Waals surface area contributed by atoms with Gasteiger partial charge in [0.15, 0.2) is 0 Å². The number of hydrogen-bond acceptors (Lipinski definition) is 3. The Bertz CT molecular complexity index is 608. The molecule has 1 heterocycles. The number of anilines is 1. The summed E-state index contributed by atoms with van der Waals surface area (Å²) in [5.41, 5.74) is 5.53. The first kappa shape index (κ1) is 13.4. The molecule has 7 heteroatoms. The van der Waals surface area contributed by atoms with Crippen molar-refractivity contribution < 1.29 is 8.78 Å². The summed E-state index contributed by atoms with van der Waals surface area (Å²) in [4.78, 5) is 4.00. The van der Waals surface area contributed by atoms with E-state index in [0.717, 1.165) is 30.0 Å². The first-order valence-corrected chi connectivity index (χ1v) is 6.29. The molecular weight excluding hydrogens is 301 g/mol. The maximum absolute atomic E-state index is 13.5. The molecule has 2 nitrogen and oxygen atoms in total. The molecule has 18 heavy (non-hydrogen) atoms. The number of nitrogen functional groups attached to an aromatic ring is 1. The lowest BCUT2D eigenvalue weighted by molar-refractivity contribution is 0.577. The molecule has 2 aromatic rings. The Morgan fingerprint density at radius 3 is 2.56 bits per heavy atom. The van der Waals surface area contributed by atoms with Gasteiger partial charge in [-0.1, -0.05) is 35.0 Å². The lowest BCUT2D eigenvalue weighted by atomic mass is 10.3. The van der Waals surface area contributed by atoms with Gasteiger partial charge in [-0.3, -0.25) is 0 Å². The minimum atomic E-state index is -0.562. The second-order valence-electron chi connectivity index (χ2n) is 3.32. The molecule has 1 aromatic carbocycles. The van der Waals surface area contributed by atoms with Gasteiger partial charge in [-0.25, -0.2) is 13.8 Å². The summed E-state index contributed by atoms with van der Waals surface area (Å²) < 4.78 is 26.5. The number of halogens is 4. The van der Waals surface area contributed by atoms with Crippen LogP contribution >= 0.6 is 35.0 Å². The summed E-state index contributed by atoms with van der Waals surface area (Å²) in [6.07, 6.45) is 0. The van der Waals surface area contributed by atoms with Crippen LogP contribution < -0.4 is 5.73 Å². The zero-order chi connectivity index (χ0) is 13.3. The molecule has 0 saturated carbocycles. The molecule has 1 aromatic heterocycles. The third kappa shape index (κ3) is 2.85. The molecule has 0 spiro atoms. The monoisotopic (exact) mass is 306 g/mol. The van der Waals surface area contributed by atoms with Gasteiger partial charge in [0, 0.05) is 0 Å². The van der Waals surface area contributed by atoms with Gasteiger partial charge in [-0.15, -0.1) is 0 Å². The molecular formula is C11H6Cl2F2N2S. The van der Waals surface area contributed by atoms with E-state index in [4.69, 9.17) is 28.9 Å². The molecule has 0 fully saturated rings. The summed E-state index contributed by atoms with van der Waals surface area (Å²) >= 11 is 12.5. The van der Waals surface area contributed by atoms with E-state index >= 15 is 0 Å². The van der Waals surface area contributed by atoms with E-state index < -0.39 is 11.6 Å². The van der Waals surface area contributed by atoms with Crippen molar-refractivity contribution in [1.29, 1.82) is 0 Å². The first-order valence-electron chi connectivity index (χ1n) is 4.72. The van der Waals surface area contributed by atoms with Gasteiger partial charge in [0.25, 0.3) is 0 Å². The summed E-state index contributed by atoms with van der Waals surface area (Å²) in [7, 11) is 0. The van der Waals surface area contributed by atoms with E-state index in [-0.39, 0.29) is 25.8 Å². The first-order chi connectivity index (χ1) is 8.47. The minimum absolute atomic E-state index is 0.0751. The SMILES string of the molecule is Nc1nc(Sc2cc(F)ccc2F)c(Cl)cc1Cl. The van der Waals surface area contributed by atoms with Crippen LogP contribution in [0.4, 0.5) is 14.6 Å². The Kier molecular flexibility index (Phi) is 3.94. The molecule has 0 saturated heterocycles. The largest absolute Gasteiger partial charge is 0.382 e. The van der Waals surface area contributed by atoms with E-state index in [1.807, 2.05) is 0 Å². The summed E-state index contributed by atoms with van der Waals surface area (Å²) in [6, 6.07) is 4.53. The van der Waals surface area contributed by atoms with E-state index in [0.29, 0.717) is 0 Å². The lowest BCUT2D eigenvalue weighted by Crippen LogP contribution is -1.94. The Morgan fingerprint density at radius 1 is 1.11 bits per heavy atom. The van der Waals surface area contributed by atoms with E-state index in [9.17, 15) is 8.78 Å². The second kappa shape index (κ2) is 5.30. The predicted octanol–water partition coefficient (Wildman–Crippen LogP) is 4.40. The molecule has 0 amide bonds. The summed E-state index contributed by atoms with van der Waals surface area (Å²) in [5, 5.41) is 0.704. The van der Waals surface area contributed by atoms with Crippen LogP contribution in [0.3, 0.4) is 0 Å². The van der Waals surface area contributed by atoms with Gasteiger partial charge in [0.1, 0.15) is 22.5 Å². The van der Waals surface area contributed by atoms with Crippen molar-refractivity contribution >= 4 is 40.8 Å². The number of benzene rings is 1. The highest BCUT2D eigenvalue weighted by Gasteiger charge is 2.12. The molecule has 0 bridgehead atoms. The van der Waals surface area contributed by atoms with Gasteiger partial charge in [-0.05, 0) is 24.3 Å². The molecule has 0 aliphatic rings. The standard InChI is InChI=1S/C11H6Cl2F2N2S/c12-6-4-7(13)11(17-10(6)16)18-9-3-5(14)1-2-8(9)15/h1-4H,(H2,16,17). The average Bonchev–Trinajstić information content (AvgIpc) is 2.30. The molecule has 94 valence electrons. The third-order valence-corrected chi connectivity index (χ3v) is 3.76. The predicted molar refractivity (Wildman–Crippen MR) is 69.2 cm³/mol. The molecule has 0 radical (unpaired) electrons. The van der Waals surface area contributed by atoms with Gasteiger partial charge in [-0.2, -0.15) is 0 Å². The maximum atomic E-state index is 13.5. The fourth-order valence-electron chi connectivity index (χ4n) is 1.19. The molecule has 0 aliphatic carbocycles. The van der Waals surface area contributed by atoms with Crippen LogP contribution in [-0.4, -0.2) is 4.98 Å². The zero-order valence-corrected chi connectivity index (χ0v) is 11.1. The van der Waals surface area contributed by atoms with Crippen LogP contribution in [0.25, 0.3) is 0 Å². The van der Waals surface area contributed by atoms with Crippen LogP contribution in [0.15, 0.2) is 34.2 Å². The summed E-state index contributed by atoms with van der Waals surface area (Å²) in [5.74, 6) is -1.02. The van der Waals surface area contributed by atoms with Gasteiger partial charge in [0.05, 0.1) is 14.9 Å². The topological polar surface area (TPSA) is 38.9 Å². The number of nitrogens with zero attached hydrogens (tertiary/aromatic N) is 1. The highest BCUT2D eigenvalue weighted by Crippen LogP contribution is 2.36. The highest BCUT2D eigenvalue weighted by molar-refractivity contribution is 7.99. The van der Waals surface area contributed by atoms with Gasteiger partial charge >= 0.3 is 0 Å². The van der Waals surface area contributed by atoms with E-state index in [1.165, 1.54) is 6.07 Å². The van der Waals surface area contributed by atoms with E-state index in [2.05, 4.69) is 4.98 Å². The Labute approximate surface area is 116 Å². The number of aromatic nitrogens is 1. The fourth-order valence-corrected chi connectivity index (χ4v) is 2.51. The Balaban J connectivity index is 2.40. The number of pyridine rings is 1. The Morgan fingerprint density at radius 2 is 1.83 bits per heavy atom. The van der Waals surface area contributed by atoms with Crippen molar-refractivity contribution in [3.8, 4) is 0 Å². The quantitative estimate of drug-likeness (QED) is 0.893. The zero-order valence-electron chi connectivity index (χ0n) is 8.75. The maximum Gasteiger partial charge on any atom is 0.143 e. The van der Waals surface area contributed by atoms with Crippen LogP contribution in [0.2, 0.25) is 10.0 Å². The lowest BCUT2D eigenvalue weighted by Gasteiger charge is -2.06. The number of nitrogens with two attached hydrogens (primary N) is 1. The van der Waals surface area contributed by atoms with Crippen molar-refractivity contribution in [3.63, 3.8) is 0 Å². The van der Waals surface area contributed by atoms with E-state index in [1.54, 1.807) is 0 Å². The van der Waals surface area contributed by atoms with Gasteiger partial charge < -0.3 is 5.73 Å². The van der Waals surface area contributed by atoms with Crippen molar-refractivity contribution in [2.45, 2.75) is 9.92 Å². The van der Waals surface area contributed by atoms with Crippen molar-refractivity contribution in [1.82, 2.24) is 4.98 Å². The average molecular weight is 307 g/mol. The molecule has 2 N–H and O–H groups in total. The molecule has 0 aliphatic heterocycles. The fraction of sp³-hybridized carbons (Fsp3) is 0. The number of rotatable bonds is 2. The molecule has 2 rings (SSSR count). The van der Waals surface area contributed by atoms with Crippen molar-refractivity contribution in [2.24, 2.45) is 0 Å². The van der Waals surface area contributed by atoms with Crippen molar-refractivity contribution in [2.75, 3.05) is 5.73 Å². The van der Waals surface area contributed by atoms with Crippen LogP contribution in [0.5, 0.6) is 0 Å². The summed E-state index contributed by atoms with van der Waals surface area (Å²) in [6.45, 7) is 0. The normalized spacial score (nSPS) is 10.7. The van der Waals surface area contributed by atoms with Gasteiger partial charge in [0.2, 0.25) is 0 Å².